The van der Waals surface area contributed by atoms with E-state index in [1.807, 2.05) is 6.07 Å². The quantitative estimate of drug-likeness (QED) is 0.375. The van der Waals surface area contributed by atoms with E-state index in [2.05, 4.69) is 10.3 Å². The van der Waals surface area contributed by atoms with Gasteiger partial charge in [0.25, 0.3) is 5.91 Å². The molecule has 2 heterocycles. The second-order valence-electron chi connectivity index (χ2n) is 7.95. The molecular weight excluding hydrogens is 504 g/mol. The van der Waals surface area contributed by atoms with Crippen molar-refractivity contribution in [1.29, 1.82) is 0 Å². The fourth-order valence-electron chi connectivity index (χ4n) is 3.87. The second kappa shape index (κ2) is 9.64. The van der Waals surface area contributed by atoms with Crippen molar-refractivity contribution in [3.63, 3.8) is 0 Å². The van der Waals surface area contributed by atoms with Crippen LogP contribution in [0.15, 0.2) is 66.2 Å². The smallest absolute Gasteiger partial charge is 0.346 e. The number of nitrogens with zero attached hydrogens (tertiary/aromatic N) is 1. The van der Waals surface area contributed by atoms with Crippen LogP contribution in [0.1, 0.15) is 39.2 Å². The van der Waals surface area contributed by atoms with E-state index in [0.717, 1.165) is 5.69 Å². The summed E-state index contributed by atoms with van der Waals surface area (Å²) in [6, 6.07) is 14.5. The van der Waals surface area contributed by atoms with Gasteiger partial charge >= 0.3 is 6.18 Å². The normalized spacial score (nSPS) is 18.0. The van der Waals surface area contributed by atoms with E-state index in [0.29, 0.717) is 34.0 Å². The highest BCUT2D eigenvalue weighted by Crippen LogP contribution is 2.60. The standard InChI is InChI=1S/C25H19Cl2F3N2OS/c1-15-8-16(5-6-22(15)23(33)32-13-21-4-2-3-7-31-21)17-12-24(34-14-17,25(28,29)30)18-9-19(26)11-20(27)10-18/h2-11,14H,12-13H2,1H3,(H,32,33). The van der Waals surface area contributed by atoms with Gasteiger partial charge in [-0.05, 0) is 71.0 Å². The van der Waals surface area contributed by atoms with E-state index in [9.17, 15) is 18.0 Å². The topological polar surface area (TPSA) is 42.0 Å². The van der Waals surface area contributed by atoms with Crippen molar-refractivity contribution in [2.75, 3.05) is 0 Å². The minimum absolute atomic E-state index is 0.0102. The number of nitrogens with one attached hydrogen (secondary N) is 1. The second-order valence-corrected chi connectivity index (χ2v) is 10.00. The maximum Gasteiger partial charge on any atom is 0.407 e. The average Bonchev–Trinajstić information content (AvgIpc) is 3.25. The number of rotatable bonds is 5. The number of aromatic nitrogens is 1. The van der Waals surface area contributed by atoms with Crippen molar-refractivity contribution in [3.05, 3.63) is 104 Å². The highest BCUT2D eigenvalue weighted by Gasteiger charge is 2.58. The van der Waals surface area contributed by atoms with Crippen LogP contribution in [0.4, 0.5) is 13.2 Å². The Labute approximate surface area is 209 Å². The summed E-state index contributed by atoms with van der Waals surface area (Å²) in [6.07, 6.45) is -3.17. The zero-order valence-corrected chi connectivity index (χ0v) is 20.2. The molecule has 3 aromatic rings. The number of thioether (sulfide) groups is 1. The van der Waals surface area contributed by atoms with Crippen molar-refractivity contribution < 1.29 is 18.0 Å². The van der Waals surface area contributed by atoms with Crippen LogP contribution >= 0.6 is 35.0 Å². The van der Waals surface area contributed by atoms with Gasteiger partial charge in [-0.3, -0.25) is 9.78 Å². The Bertz CT molecular complexity index is 1240. The Balaban J connectivity index is 1.56. The average molecular weight is 523 g/mol. The molecule has 0 radical (unpaired) electrons. The molecule has 0 saturated carbocycles. The van der Waals surface area contributed by atoms with Gasteiger partial charge < -0.3 is 5.32 Å². The van der Waals surface area contributed by atoms with E-state index in [1.54, 1.807) is 43.5 Å². The molecule has 1 atom stereocenters. The van der Waals surface area contributed by atoms with Crippen LogP contribution in [0.5, 0.6) is 0 Å². The Morgan fingerprint density at radius 3 is 2.47 bits per heavy atom. The van der Waals surface area contributed by atoms with Gasteiger partial charge in [0.2, 0.25) is 0 Å². The Morgan fingerprint density at radius 1 is 1.12 bits per heavy atom. The number of hydrogen-bond donors (Lipinski definition) is 1. The Morgan fingerprint density at radius 2 is 1.85 bits per heavy atom. The van der Waals surface area contributed by atoms with Crippen LogP contribution in [0.3, 0.4) is 0 Å². The summed E-state index contributed by atoms with van der Waals surface area (Å²) in [5.41, 5.74) is 3.01. The van der Waals surface area contributed by atoms with Gasteiger partial charge in [0.1, 0.15) is 4.75 Å². The number of aryl methyl sites for hydroxylation is 1. The molecular formula is C25H19Cl2F3N2OS. The van der Waals surface area contributed by atoms with Gasteiger partial charge in [-0.15, -0.1) is 11.8 Å². The van der Waals surface area contributed by atoms with E-state index in [1.165, 1.54) is 23.6 Å². The summed E-state index contributed by atoms with van der Waals surface area (Å²) >= 11 is 12.7. The lowest BCUT2D eigenvalue weighted by atomic mass is 9.87. The summed E-state index contributed by atoms with van der Waals surface area (Å²) in [7, 11) is 0. The van der Waals surface area contributed by atoms with E-state index in [-0.39, 0.29) is 34.5 Å². The molecule has 1 aliphatic rings. The summed E-state index contributed by atoms with van der Waals surface area (Å²) in [5, 5.41) is 4.64. The number of carbonyl (C=O) groups is 1. The lowest BCUT2D eigenvalue weighted by Gasteiger charge is -2.32. The van der Waals surface area contributed by atoms with Gasteiger partial charge in [-0.1, -0.05) is 41.4 Å². The van der Waals surface area contributed by atoms with Crippen molar-refractivity contribution in [1.82, 2.24) is 10.3 Å². The molecule has 2 aromatic carbocycles. The molecule has 0 spiro atoms. The number of carbonyl (C=O) groups excluding carboxylic acids is 1. The largest absolute Gasteiger partial charge is 0.407 e. The number of halogens is 5. The highest BCUT2D eigenvalue weighted by atomic mass is 35.5. The number of alkyl halides is 3. The predicted octanol–water partition coefficient (Wildman–Crippen LogP) is 7.56. The third-order valence-electron chi connectivity index (χ3n) is 5.63. The number of allylic oxidation sites excluding steroid dienone is 1. The van der Waals surface area contributed by atoms with Crippen LogP contribution in [0.2, 0.25) is 10.0 Å². The van der Waals surface area contributed by atoms with Crippen LogP contribution in [-0.4, -0.2) is 17.1 Å². The van der Waals surface area contributed by atoms with Gasteiger partial charge in [0, 0.05) is 28.2 Å². The van der Waals surface area contributed by atoms with Crippen molar-refractivity contribution >= 4 is 46.4 Å². The van der Waals surface area contributed by atoms with Crippen LogP contribution < -0.4 is 5.32 Å². The summed E-state index contributed by atoms with van der Waals surface area (Å²) < 4.78 is 40.8. The summed E-state index contributed by atoms with van der Waals surface area (Å²) in [5.74, 6) is -0.275. The van der Waals surface area contributed by atoms with E-state index >= 15 is 0 Å². The minimum atomic E-state index is -4.54. The van der Waals surface area contributed by atoms with Crippen molar-refractivity contribution in [2.45, 2.75) is 30.8 Å². The van der Waals surface area contributed by atoms with Gasteiger partial charge in [-0.2, -0.15) is 13.2 Å². The van der Waals surface area contributed by atoms with E-state index < -0.39 is 10.9 Å². The minimum Gasteiger partial charge on any atom is -0.346 e. The summed E-state index contributed by atoms with van der Waals surface area (Å²) in [4.78, 5) is 16.8. The Kier molecular flexibility index (Phi) is 6.99. The molecule has 1 aliphatic heterocycles. The lowest BCUT2D eigenvalue weighted by Crippen LogP contribution is -2.37. The monoisotopic (exact) mass is 522 g/mol. The molecule has 1 amide bonds. The molecule has 0 aliphatic carbocycles. The number of benzene rings is 2. The molecule has 4 rings (SSSR count). The fraction of sp³-hybridized carbons (Fsp3) is 0.200. The fourth-order valence-corrected chi connectivity index (χ4v) is 5.58. The predicted molar refractivity (Wildman–Crippen MR) is 131 cm³/mol. The molecule has 1 unspecified atom stereocenters. The third-order valence-corrected chi connectivity index (χ3v) is 7.48. The first-order chi connectivity index (χ1) is 16.1. The van der Waals surface area contributed by atoms with Crippen molar-refractivity contribution in [2.24, 2.45) is 0 Å². The lowest BCUT2D eigenvalue weighted by molar-refractivity contribution is -0.160. The first kappa shape index (κ1) is 24.6. The number of hydrogen-bond acceptors (Lipinski definition) is 3. The van der Waals surface area contributed by atoms with Crippen LogP contribution in [0.25, 0.3) is 5.57 Å². The first-order valence-electron chi connectivity index (χ1n) is 10.3. The third kappa shape index (κ3) is 4.97. The highest BCUT2D eigenvalue weighted by molar-refractivity contribution is 8.03. The van der Waals surface area contributed by atoms with Gasteiger partial charge in [0.15, 0.2) is 0 Å². The molecule has 0 saturated heterocycles. The molecule has 9 heteroatoms. The molecule has 3 nitrogen and oxygen atoms in total. The molecule has 34 heavy (non-hydrogen) atoms. The van der Waals surface area contributed by atoms with Crippen LogP contribution in [-0.2, 0) is 11.3 Å². The first-order valence-corrected chi connectivity index (χ1v) is 11.9. The molecule has 1 N–H and O–H groups in total. The van der Waals surface area contributed by atoms with Crippen molar-refractivity contribution in [3.8, 4) is 0 Å². The van der Waals surface area contributed by atoms with E-state index in [4.69, 9.17) is 23.2 Å². The Hall–Kier alpha value is -2.48. The molecule has 0 bridgehead atoms. The molecule has 176 valence electrons. The number of amides is 1. The zero-order valence-electron chi connectivity index (χ0n) is 17.9. The van der Waals surface area contributed by atoms with Crippen LogP contribution in [0, 0.1) is 6.92 Å². The maximum atomic E-state index is 14.3. The molecule has 0 fully saturated rings. The number of pyridine rings is 1. The summed E-state index contributed by atoms with van der Waals surface area (Å²) in [6.45, 7) is 2.04. The maximum absolute atomic E-state index is 14.3. The zero-order chi connectivity index (χ0) is 24.5. The van der Waals surface area contributed by atoms with Gasteiger partial charge in [0.05, 0.1) is 12.2 Å². The molecule has 1 aromatic heterocycles. The SMILES string of the molecule is Cc1cc(C2=CSC(c3cc(Cl)cc(Cl)c3)(C(F)(F)F)C2)ccc1C(=O)NCc1ccccn1. The van der Waals surface area contributed by atoms with Gasteiger partial charge in [-0.25, -0.2) is 0 Å².